The van der Waals surface area contributed by atoms with E-state index in [4.69, 9.17) is 0 Å². The highest BCUT2D eigenvalue weighted by Gasteiger charge is 1.89. The van der Waals surface area contributed by atoms with Gasteiger partial charge in [-0.1, -0.05) is 19.9 Å². The smallest absolute Gasteiger partial charge is 0.00286 e. The molecule has 0 aromatic carbocycles. The Balaban J connectivity index is 2.75. The normalized spacial score (nSPS) is 11.0. The minimum atomic E-state index is 0.805. The molecule has 0 aliphatic heterocycles. The molecular formula is C7H19NSi. The Hall–Kier alpha value is 0.177. The molecule has 0 saturated heterocycles. The van der Waals surface area contributed by atoms with Crippen molar-refractivity contribution in [2.75, 3.05) is 13.1 Å². The molecule has 1 nitrogen and oxygen atoms in total. The third kappa shape index (κ3) is 8.18. The van der Waals surface area contributed by atoms with Gasteiger partial charge in [-0.3, -0.25) is 0 Å². The molecule has 0 spiro atoms. The van der Waals surface area contributed by atoms with Crippen molar-refractivity contribution in [3.8, 4) is 0 Å². The summed E-state index contributed by atoms with van der Waals surface area (Å²) in [7, 11) is 1.36. The zero-order valence-corrected chi connectivity index (χ0v) is 8.91. The second-order valence-corrected chi connectivity index (χ2v) is 3.95. The van der Waals surface area contributed by atoms with Gasteiger partial charge < -0.3 is 5.32 Å². The first-order chi connectivity index (χ1) is 4.27. The van der Waals surface area contributed by atoms with E-state index < -0.39 is 0 Å². The van der Waals surface area contributed by atoms with Crippen LogP contribution in [-0.4, -0.2) is 23.3 Å². The predicted octanol–water partition coefficient (Wildman–Crippen LogP) is 0.406. The van der Waals surface area contributed by atoms with Crippen LogP contribution in [0, 0.1) is 5.92 Å². The standard InChI is InChI=1S/C7H19NSi/c1-7(2)6-8-4-3-5-9/h7-8H,3-6H2,1-2,9H3. The molecule has 2 heteroatoms. The highest BCUT2D eigenvalue weighted by molar-refractivity contribution is 6.08. The Labute approximate surface area is 61.6 Å². The van der Waals surface area contributed by atoms with Gasteiger partial charge in [0, 0.05) is 10.2 Å². The molecule has 0 heterocycles. The van der Waals surface area contributed by atoms with Crippen molar-refractivity contribution in [1.82, 2.24) is 5.32 Å². The summed E-state index contributed by atoms with van der Waals surface area (Å²) < 4.78 is 0. The van der Waals surface area contributed by atoms with E-state index in [-0.39, 0.29) is 0 Å². The molecule has 0 atom stereocenters. The lowest BCUT2D eigenvalue weighted by Gasteiger charge is -2.05. The first-order valence-electron chi connectivity index (χ1n) is 3.98. The summed E-state index contributed by atoms with van der Waals surface area (Å²) in [5.41, 5.74) is 0. The predicted molar refractivity (Wildman–Crippen MR) is 47.1 cm³/mol. The zero-order chi connectivity index (χ0) is 7.11. The van der Waals surface area contributed by atoms with E-state index in [0.717, 1.165) is 5.92 Å². The molecule has 0 rings (SSSR count). The van der Waals surface area contributed by atoms with Crippen LogP contribution < -0.4 is 5.32 Å². The Bertz CT molecular complexity index is 54.9. The van der Waals surface area contributed by atoms with Crippen molar-refractivity contribution in [2.45, 2.75) is 26.3 Å². The minimum Gasteiger partial charge on any atom is -0.316 e. The van der Waals surface area contributed by atoms with Crippen molar-refractivity contribution >= 4 is 10.2 Å². The molecule has 0 aliphatic rings. The Morgan fingerprint density at radius 3 is 2.56 bits per heavy atom. The average Bonchev–Trinajstić information content (AvgIpc) is 1.80. The Morgan fingerprint density at radius 1 is 1.44 bits per heavy atom. The molecule has 0 bridgehead atoms. The summed E-state index contributed by atoms with van der Waals surface area (Å²) in [5, 5.41) is 3.41. The molecule has 9 heavy (non-hydrogen) atoms. The first-order valence-corrected chi connectivity index (χ1v) is 5.39. The van der Waals surface area contributed by atoms with Crippen molar-refractivity contribution in [3.05, 3.63) is 0 Å². The molecule has 1 N–H and O–H groups in total. The summed E-state index contributed by atoms with van der Waals surface area (Å²) >= 11 is 0. The van der Waals surface area contributed by atoms with E-state index in [2.05, 4.69) is 19.2 Å². The molecule has 56 valence electrons. The maximum absolute atomic E-state index is 3.41. The third-order valence-electron chi connectivity index (χ3n) is 1.26. The third-order valence-corrected chi connectivity index (χ3v) is 1.97. The number of hydrogen-bond donors (Lipinski definition) is 1. The fourth-order valence-corrected chi connectivity index (χ4v) is 1.05. The summed E-state index contributed by atoms with van der Waals surface area (Å²) in [5.74, 6) is 0.805. The van der Waals surface area contributed by atoms with Gasteiger partial charge in [-0.05, 0) is 25.4 Å². The molecule has 0 fully saturated rings. The van der Waals surface area contributed by atoms with Gasteiger partial charge in [-0.2, -0.15) is 0 Å². The molecule has 0 aliphatic carbocycles. The minimum absolute atomic E-state index is 0.805. The largest absolute Gasteiger partial charge is 0.316 e. The van der Waals surface area contributed by atoms with Crippen LogP contribution >= 0.6 is 0 Å². The van der Waals surface area contributed by atoms with Crippen LogP contribution in [0.5, 0.6) is 0 Å². The van der Waals surface area contributed by atoms with Gasteiger partial charge in [0.1, 0.15) is 0 Å². The van der Waals surface area contributed by atoms with E-state index in [1.165, 1.54) is 35.8 Å². The fourth-order valence-electron chi connectivity index (χ4n) is 0.693. The van der Waals surface area contributed by atoms with Crippen LogP contribution in [0.25, 0.3) is 0 Å². The highest BCUT2D eigenvalue weighted by Crippen LogP contribution is 1.87. The molecule has 0 amide bonds. The van der Waals surface area contributed by atoms with Crippen LogP contribution in [-0.2, 0) is 0 Å². The number of rotatable bonds is 5. The first kappa shape index (κ1) is 9.18. The lowest BCUT2D eigenvalue weighted by Crippen LogP contribution is -2.20. The van der Waals surface area contributed by atoms with Gasteiger partial charge >= 0.3 is 0 Å². The van der Waals surface area contributed by atoms with Crippen LogP contribution in [0.15, 0.2) is 0 Å². The lowest BCUT2D eigenvalue weighted by atomic mass is 10.2. The maximum atomic E-state index is 3.41. The molecule has 0 aromatic heterocycles. The average molecular weight is 145 g/mol. The van der Waals surface area contributed by atoms with Gasteiger partial charge in [-0.15, -0.1) is 0 Å². The van der Waals surface area contributed by atoms with Crippen LogP contribution in [0.2, 0.25) is 6.04 Å². The number of hydrogen-bond acceptors (Lipinski definition) is 1. The van der Waals surface area contributed by atoms with Crippen LogP contribution in [0.4, 0.5) is 0 Å². The second kappa shape index (κ2) is 6.30. The summed E-state index contributed by atoms with van der Waals surface area (Å²) in [4.78, 5) is 0. The fraction of sp³-hybridized carbons (Fsp3) is 1.00. The molecule has 0 aromatic rings. The van der Waals surface area contributed by atoms with Crippen LogP contribution in [0.1, 0.15) is 20.3 Å². The van der Waals surface area contributed by atoms with Gasteiger partial charge in [-0.25, -0.2) is 0 Å². The summed E-state index contributed by atoms with van der Waals surface area (Å²) in [6.07, 6.45) is 1.37. The van der Waals surface area contributed by atoms with Crippen molar-refractivity contribution in [3.63, 3.8) is 0 Å². The van der Waals surface area contributed by atoms with E-state index in [1.54, 1.807) is 0 Å². The van der Waals surface area contributed by atoms with Gasteiger partial charge in [0.05, 0.1) is 0 Å². The monoisotopic (exact) mass is 145 g/mol. The van der Waals surface area contributed by atoms with Crippen molar-refractivity contribution < 1.29 is 0 Å². The summed E-state index contributed by atoms with van der Waals surface area (Å²) in [6, 6.07) is 1.44. The highest BCUT2D eigenvalue weighted by atomic mass is 28.1. The van der Waals surface area contributed by atoms with Crippen LogP contribution in [0.3, 0.4) is 0 Å². The topological polar surface area (TPSA) is 12.0 Å². The van der Waals surface area contributed by atoms with Gasteiger partial charge in [0.2, 0.25) is 0 Å². The van der Waals surface area contributed by atoms with Gasteiger partial charge in [0.25, 0.3) is 0 Å². The van der Waals surface area contributed by atoms with Gasteiger partial charge in [0.15, 0.2) is 0 Å². The lowest BCUT2D eigenvalue weighted by molar-refractivity contribution is 0.550. The summed E-state index contributed by atoms with van der Waals surface area (Å²) in [6.45, 7) is 6.89. The van der Waals surface area contributed by atoms with E-state index in [1.807, 2.05) is 0 Å². The van der Waals surface area contributed by atoms with E-state index >= 15 is 0 Å². The van der Waals surface area contributed by atoms with E-state index in [9.17, 15) is 0 Å². The molecule has 0 unspecified atom stereocenters. The van der Waals surface area contributed by atoms with E-state index in [0.29, 0.717) is 0 Å². The number of nitrogens with one attached hydrogen (secondary N) is 1. The molecular weight excluding hydrogens is 126 g/mol. The maximum Gasteiger partial charge on any atom is 0.00286 e. The zero-order valence-electron chi connectivity index (χ0n) is 6.91. The van der Waals surface area contributed by atoms with Crippen molar-refractivity contribution in [1.29, 1.82) is 0 Å². The second-order valence-electron chi connectivity index (χ2n) is 2.95. The Kier molecular flexibility index (Phi) is 6.42. The Morgan fingerprint density at radius 2 is 2.11 bits per heavy atom. The molecule has 0 radical (unpaired) electrons. The SMILES string of the molecule is CC(C)CNCCC[SiH3]. The molecule has 0 saturated carbocycles. The van der Waals surface area contributed by atoms with Crippen molar-refractivity contribution in [2.24, 2.45) is 5.92 Å². The quantitative estimate of drug-likeness (QED) is 0.436.